The van der Waals surface area contributed by atoms with E-state index < -0.39 is 0 Å². The van der Waals surface area contributed by atoms with E-state index >= 15 is 0 Å². The van der Waals surface area contributed by atoms with E-state index in [0.29, 0.717) is 34.6 Å². The van der Waals surface area contributed by atoms with E-state index in [2.05, 4.69) is 10.3 Å². The van der Waals surface area contributed by atoms with Crippen LogP contribution in [0, 0.1) is 12.7 Å². The quantitative estimate of drug-likeness (QED) is 0.700. The average Bonchev–Trinajstić information content (AvgIpc) is 3.32. The van der Waals surface area contributed by atoms with Gasteiger partial charge in [-0.3, -0.25) is 4.79 Å². The Kier molecular flexibility index (Phi) is 4.81. The lowest BCUT2D eigenvalue weighted by atomic mass is 10.2. The first-order chi connectivity index (χ1) is 13.1. The van der Waals surface area contributed by atoms with E-state index in [-0.39, 0.29) is 17.8 Å². The molecule has 2 N–H and O–H groups in total. The minimum Gasteiger partial charge on any atom is -0.489 e. The highest BCUT2D eigenvalue weighted by Gasteiger charge is 2.18. The monoisotopic (exact) mass is 368 g/mol. The van der Waals surface area contributed by atoms with Gasteiger partial charge in [0, 0.05) is 17.5 Å². The Hall–Kier alpha value is -2.86. The third kappa shape index (κ3) is 3.80. The number of amides is 1. The van der Waals surface area contributed by atoms with Crippen LogP contribution in [0.2, 0.25) is 0 Å². The SMILES string of the molecule is Cc1ccc(NC(=O)c2cc3c(F)cccc3[nH]2)c(OCC2CCCO2)c1. The standard InChI is InChI=1S/C21H21FN2O3/c1-13-7-8-18(20(10-13)27-12-14-4-3-9-26-14)24-21(25)19-11-15-16(22)5-2-6-17(15)23-19/h2,5-8,10-11,14,23H,3-4,9,12H2,1H3,(H,24,25). The molecule has 2 heterocycles. The zero-order valence-corrected chi connectivity index (χ0v) is 15.0. The van der Waals surface area contributed by atoms with Gasteiger partial charge in [-0.05, 0) is 55.7 Å². The minimum absolute atomic E-state index is 0.0887. The summed E-state index contributed by atoms with van der Waals surface area (Å²) in [5.41, 5.74) is 2.48. The summed E-state index contributed by atoms with van der Waals surface area (Å²) in [5.74, 6) is -0.115. The van der Waals surface area contributed by atoms with Gasteiger partial charge >= 0.3 is 0 Å². The molecule has 27 heavy (non-hydrogen) atoms. The Morgan fingerprint density at radius 3 is 3.00 bits per heavy atom. The van der Waals surface area contributed by atoms with E-state index in [0.717, 1.165) is 25.0 Å². The van der Waals surface area contributed by atoms with Gasteiger partial charge in [0.2, 0.25) is 0 Å². The molecule has 3 aromatic rings. The number of aryl methyl sites for hydroxylation is 1. The molecule has 1 aromatic heterocycles. The Bertz CT molecular complexity index is 977. The van der Waals surface area contributed by atoms with E-state index in [4.69, 9.17) is 9.47 Å². The number of anilines is 1. The van der Waals surface area contributed by atoms with Crippen molar-refractivity contribution >= 4 is 22.5 Å². The van der Waals surface area contributed by atoms with Crippen molar-refractivity contribution < 1.29 is 18.7 Å². The van der Waals surface area contributed by atoms with Gasteiger partial charge in [0.05, 0.1) is 11.8 Å². The summed E-state index contributed by atoms with van der Waals surface area (Å²) in [6.07, 6.45) is 2.11. The fraction of sp³-hybridized carbons (Fsp3) is 0.286. The number of hydrogen-bond donors (Lipinski definition) is 2. The number of rotatable bonds is 5. The molecule has 140 valence electrons. The summed E-state index contributed by atoms with van der Waals surface area (Å²) in [6.45, 7) is 3.18. The molecule has 1 aliphatic heterocycles. The largest absolute Gasteiger partial charge is 0.489 e. The second-order valence-electron chi connectivity index (χ2n) is 6.78. The Balaban J connectivity index is 1.53. The topological polar surface area (TPSA) is 63.4 Å². The lowest BCUT2D eigenvalue weighted by Crippen LogP contribution is -2.18. The highest BCUT2D eigenvalue weighted by molar-refractivity contribution is 6.06. The molecule has 0 aliphatic carbocycles. The van der Waals surface area contributed by atoms with Crippen LogP contribution in [-0.2, 0) is 4.74 Å². The lowest BCUT2D eigenvalue weighted by Gasteiger charge is -2.15. The molecule has 6 heteroatoms. The van der Waals surface area contributed by atoms with E-state index in [1.54, 1.807) is 18.2 Å². The molecule has 1 unspecified atom stereocenters. The molecule has 1 aliphatic rings. The number of aromatic amines is 1. The van der Waals surface area contributed by atoms with Crippen molar-refractivity contribution in [2.24, 2.45) is 0 Å². The van der Waals surface area contributed by atoms with E-state index in [9.17, 15) is 9.18 Å². The van der Waals surface area contributed by atoms with Crippen LogP contribution in [0.15, 0.2) is 42.5 Å². The van der Waals surface area contributed by atoms with E-state index in [1.165, 1.54) is 12.1 Å². The summed E-state index contributed by atoms with van der Waals surface area (Å²) >= 11 is 0. The number of benzene rings is 2. The summed E-state index contributed by atoms with van der Waals surface area (Å²) in [4.78, 5) is 15.6. The van der Waals surface area contributed by atoms with Crippen LogP contribution in [-0.4, -0.2) is 30.2 Å². The molecule has 1 fully saturated rings. The molecule has 1 amide bonds. The summed E-state index contributed by atoms with van der Waals surface area (Å²) in [6, 6.07) is 11.8. The van der Waals surface area contributed by atoms with Gasteiger partial charge in [0.1, 0.15) is 23.9 Å². The van der Waals surface area contributed by atoms with Crippen molar-refractivity contribution in [3.05, 3.63) is 59.5 Å². The van der Waals surface area contributed by atoms with Crippen LogP contribution in [0.3, 0.4) is 0 Å². The van der Waals surface area contributed by atoms with Crippen LogP contribution in [0.4, 0.5) is 10.1 Å². The average molecular weight is 368 g/mol. The molecule has 0 bridgehead atoms. The zero-order valence-electron chi connectivity index (χ0n) is 15.0. The third-order valence-corrected chi connectivity index (χ3v) is 4.69. The fourth-order valence-corrected chi connectivity index (χ4v) is 3.24. The highest BCUT2D eigenvalue weighted by Crippen LogP contribution is 2.28. The normalized spacial score (nSPS) is 16.6. The van der Waals surface area contributed by atoms with Crippen LogP contribution < -0.4 is 10.1 Å². The Labute approximate surface area is 156 Å². The van der Waals surface area contributed by atoms with Gasteiger partial charge in [-0.1, -0.05) is 12.1 Å². The molecule has 0 spiro atoms. The Morgan fingerprint density at radius 1 is 1.33 bits per heavy atom. The van der Waals surface area contributed by atoms with Crippen molar-refractivity contribution in [1.29, 1.82) is 0 Å². The third-order valence-electron chi connectivity index (χ3n) is 4.69. The number of halogens is 1. The van der Waals surface area contributed by atoms with Crippen molar-refractivity contribution in [3.8, 4) is 5.75 Å². The van der Waals surface area contributed by atoms with Gasteiger partial charge in [0.25, 0.3) is 5.91 Å². The van der Waals surface area contributed by atoms with E-state index in [1.807, 2.05) is 19.1 Å². The molecular weight excluding hydrogens is 347 g/mol. The van der Waals surface area contributed by atoms with Gasteiger partial charge in [-0.25, -0.2) is 4.39 Å². The van der Waals surface area contributed by atoms with Crippen molar-refractivity contribution in [1.82, 2.24) is 4.98 Å². The maximum absolute atomic E-state index is 13.9. The number of ether oxygens (including phenoxy) is 2. The van der Waals surface area contributed by atoms with Crippen LogP contribution in [0.1, 0.15) is 28.9 Å². The number of nitrogens with one attached hydrogen (secondary N) is 2. The second kappa shape index (κ2) is 7.40. The van der Waals surface area contributed by atoms with Gasteiger partial charge in [-0.15, -0.1) is 0 Å². The summed E-state index contributed by atoms with van der Waals surface area (Å²) < 4.78 is 25.4. The maximum Gasteiger partial charge on any atom is 0.272 e. The van der Waals surface area contributed by atoms with Gasteiger partial charge in [0.15, 0.2) is 0 Å². The maximum atomic E-state index is 13.9. The molecule has 1 saturated heterocycles. The lowest BCUT2D eigenvalue weighted by molar-refractivity contribution is 0.0681. The molecule has 0 radical (unpaired) electrons. The molecule has 5 nitrogen and oxygen atoms in total. The molecule has 2 aromatic carbocycles. The zero-order chi connectivity index (χ0) is 18.8. The molecule has 4 rings (SSSR count). The molecule has 1 atom stereocenters. The van der Waals surface area contributed by atoms with Crippen molar-refractivity contribution in [2.45, 2.75) is 25.9 Å². The number of carbonyl (C=O) groups excluding carboxylic acids is 1. The van der Waals surface area contributed by atoms with Crippen LogP contribution in [0.25, 0.3) is 10.9 Å². The number of H-pyrrole nitrogens is 1. The smallest absolute Gasteiger partial charge is 0.272 e. The van der Waals surface area contributed by atoms with Gasteiger partial charge in [-0.2, -0.15) is 0 Å². The predicted molar refractivity (Wildman–Crippen MR) is 102 cm³/mol. The van der Waals surface area contributed by atoms with Crippen LogP contribution >= 0.6 is 0 Å². The minimum atomic E-state index is -0.362. The van der Waals surface area contributed by atoms with Crippen LogP contribution in [0.5, 0.6) is 5.75 Å². The number of hydrogen-bond acceptors (Lipinski definition) is 3. The first kappa shape index (κ1) is 17.5. The molecular formula is C21H21FN2O3. The summed E-state index contributed by atoms with van der Waals surface area (Å²) in [7, 11) is 0. The fourth-order valence-electron chi connectivity index (χ4n) is 3.24. The Morgan fingerprint density at radius 2 is 2.22 bits per heavy atom. The first-order valence-corrected chi connectivity index (χ1v) is 9.04. The van der Waals surface area contributed by atoms with Crippen molar-refractivity contribution in [2.75, 3.05) is 18.5 Å². The number of aromatic nitrogens is 1. The van der Waals surface area contributed by atoms with Crippen molar-refractivity contribution in [3.63, 3.8) is 0 Å². The second-order valence-corrected chi connectivity index (χ2v) is 6.78. The molecule has 0 saturated carbocycles. The number of carbonyl (C=O) groups is 1. The number of fused-ring (bicyclic) bond motifs is 1. The van der Waals surface area contributed by atoms with Gasteiger partial charge < -0.3 is 19.8 Å². The summed E-state index contributed by atoms with van der Waals surface area (Å²) in [5, 5.41) is 3.24. The predicted octanol–water partition coefficient (Wildman–Crippen LogP) is 4.43. The highest BCUT2D eigenvalue weighted by atomic mass is 19.1. The first-order valence-electron chi connectivity index (χ1n) is 9.04.